The second-order valence-corrected chi connectivity index (χ2v) is 13.5. The Morgan fingerprint density at radius 2 is 1.89 bits per heavy atom. The van der Waals surface area contributed by atoms with Gasteiger partial charge in [0.05, 0.1) is 29.0 Å². The van der Waals surface area contributed by atoms with Gasteiger partial charge in [-0.05, 0) is 77.3 Å². The zero-order chi connectivity index (χ0) is 32.3. The Morgan fingerprint density at radius 1 is 1.02 bits per heavy atom. The molecule has 1 amide bonds. The van der Waals surface area contributed by atoms with E-state index in [1.54, 1.807) is 28.6 Å². The smallest absolute Gasteiger partial charge is 0.410 e. The van der Waals surface area contributed by atoms with E-state index in [1.165, 1.54) is 4.88 Å². The van der Waals surface area contributed by atoms with Gasteiger partial charge in [-0.15, -0.1) is 11.3 Å². The minimum atomic E-state index is -0.538. The predicted molar refractivity (Wildman–Crippen MR) is 183 cm³/mol. The molecule has 1 aliphatic heterocycles. The highest BCUT2D eigenvalue weighted by Gasteiger charge is 2.28. The Morgan fingerprint density at radius 3 is 2.70 bits per heavy atom. The fraction of sp³-hybridized carbons (Fsp3) is 0.343. The van der Waals surface area contributed by atoms with E-state index in [0.717, 1.165) is 51.9 Å². The molecule has 6 rings (SSSR count). The molecule has 0 aliphatic carbocycles. The number of amides is 1. The van der Waals surface area contributed by atoms with Crippen molar-refractivity contribution in [1.82, 2.24) is 24.8 Å². The maximum atomic E-state index is 12.7. The number of likely N-dealkylation sites (tertiary alicyclic amines) is 1. The number of rotatable bonds is 8. The third-order valence-electron chi connectivity index (χ3n) is 7.81. The van der Waals surface area contributed by atoms with Crippen molar-refractivity contribution in [3.63, 3.8) is 0 Å². The number of nitrogens with zero attached hydrogens (tertiary/aromatic N) is 5. The molecular formula is C35H39N7O3S. The molecule has 46 heavy (non-hydrogen) atoms. The Labute approximate surface area is 273 Å². The molecule has 1 fully saturated rings. The first kappa shape index (κ1) is 31.2. The minimum absolute atomic E-state index is 0.00158. The summed E-state index contributed by atoms with van der Waals surface area (Å²) in [5.41, 5.74) is 5.82. The zero-order valence-corrected chi connectivity index (χ0v) is 27.6. The van der Waals surface area contributed by atoms with E-state index >= 15 is 0 Å². The molecular weight excluding hydrogens is 598 g/mol. The summed E-state index contributed by atoms with van der Waals surface area (Å²) < 4.78 is 12.2. The van der Waals surface area contributed by atoms with Crippen LogP contribution in [0.2, 0.25) is 0 Å². The summed E-state index contributed by atoms with van der Waals surface area (Å²) in [5, 5.41) is 9.02. The van der Waals surface area contributed by atoms with Crippen LogP contribution in [0.1, 0.15) is 49.7 Å². The average molecular weight is 638 g/mol. The van der Waals surface area contributed by atoms with Crippen LogP contribution in [0.4, 0.5) is 16.4 Å². The van der Waals surface area contributed by atoms with E-state index in [9.17, 15) is 4.79 Å². The standard InChI is InChI=1S/C35H39N7O3S/c1-22-13-14-25-26(10-6-12-28(25)38-19-30-23(2)46-21-39-30)31(22)44-32-27(11-7-16-36-32)29-15-17-37-33(41-29)40-24-9-8-18-42(20-24)34(43)45-35(3,4)5/h6-7,10-17,21,24,38H,8-9,18-20H2,1-5H3,(H,37,40,41)/t24-/m0/s1. The molecule has 1 atom stereocenters. The summed E-state index contributed by atoms with van der Waals surface area (Å²) in [6, 6.07) is 16.0. The lowest BCUT2D eigenvalue weighted by Crippen LogP contribution is -2.47. The summed E-state index contributed by atoms with van der Waals surface area (Å²) in [4.78, 5) is 34.0. The molecule has 1 saturated heterocycles. The lowest BCUT2D eigenvalue weighted by molar-refractivity contribution is 0.0206. The first-order valence-corrected chi connectivity index (χ1v) is 16.4. The molecule has 10 nitrogen and oxygen atoms in total. The Balaban J connectivity index is 1.23. The lowest BCUT2D eigenvalue weighted by atomic mass is 10.0. The summed E-state index contributed by atoms with van der Waals surface area (Å²) in [6.45, 7) is 11.6. The Bertz CT molecular complexity index is 1850. The van der Waals surface area contributed by atoms with Crippen molar-refractivity contribution in [3.8, 4) is 22.9 Å². The molecule has 0 spiro atoms. The van der Waals surface area contributed by atoms with Gasteiger partial charge >= 0.3 is 6.09 Å². The van der Waals surface area contributed by atoms with Gasteiger partial charge in [0.1, 0.15) is 11.4 Å². The SMILES string of the molecule is Cc1ccc2c(NCc3ncsc3C)cccc2c1Oc1ncccc1-c1ccnc(N[C@H]2CCCN(C(=O)OC(C)(C)C)C2)n1. The summed E-state index contributed by atoms with van der Waals surface area (Å²) in [5.74, 6) is 1.67. The normalized spacial score (nSPS) is 15.1. The highest BCUT2D eigenvalue weighted by molar-refractivity contribution is 7.09. The van der Waals surface area contributed by atoms with Crippen LogP contribution < -0.4 is 15.4 Å². The van der Waals surface area contributed by atoms with Crippen LogP contribution in [-0.2, 0) is 11.3 Å². The second-order valence-electron chi connectivity index (χ2n) is 12.5. The van der Waals surface area contributed by atoms with Crippen LogP contribution in [-0.4, -0.2) is 55.7 Å². The fourth-order valence-electron chi connectivity index (χ4n) is 5.52. The number of hydrogen-bond donors (Lipinski definition) is 2. The van der Waals surface area contributed by atoms with Crippen molar-refractivity contribution in [2.75, 3.05) is 23.7 Å². The van der Waals surface area contributed by atoms with Crippen molar-refractivity contribution in [3.05, 3.63) is 82.6 Å². The number of piperidine rings is 1. The topological polar surface area (TPSA) is 114 Å². The van der Waals surface area contributed by atoms with E-state index < -0.39 is 5.60 Å². The number of nitrogens with one attached hydrogen (secondary N) is 2. The van der Waals surface area contributed by atoms with Crippen LogP contribution in [0.3, 0.4) is 0 Å². The number of anilines is 2. The molecule has 2 aromatic carbocycles. The summed E-state index contributed by atoms with van der Waals surface area (Å²) in [7, 11) is 0. The predicted octanol–water partition coefficient (Wildman–Crippen LogP) is 7.98. The number of benzene rings is 2. The fourth-order valence-corrected chi connectivity index (χ4v) is 6.12. The Kier molecular flexibility index (Phi) is 9.03. The van der Waals surface area contributed by atoms with Crippen molar-refractivity contribution < 1.29 is 14.3 Å². The van der Waals surface area contributed by atoms with Gasteiger partial charge in [0.2, 0.25) is 11.8 Å². The van der Waals surface area contributed by atoms with E-state index in [0.29, 0.717) is 37.2 Å². The molecule has 1 aliphatic rings. The second kappa shape index (κ2) is 13.3. The van der Waals surface area contributed by atoms with Gasteiger partial charge in [0.15, 0.2) is 0 Å². The van der Waals surface area contributed by atoms with E-state index in [1.807, 2.05) is 57.5 Å². The van der Waals surface area contributed by atoms with Crippen LogP contribution in [0.25, 0.3) is 22.0 Å². The molecule has 2 N–H and O–H groups in total. The van der Waals surface area contributed by atoms with Gasteiger partial charge in [-0.2, -0.15) is 0 Å². The number of fused-ring (bicyclic) bond motifs is 1. The monoisotopic (exact) mass is 637 g/mol. The number of thiazole rings is 1. The van der Waals surface area contributed by atoms with Crippen molar-refractivity contribution >= 4 is 39.8 Å². The molecule has 3 aromatic heterocycles. The van der Waals surface area contributed by atoms with Crippen molar-refractivity contribution in [1.29, 1.82) is 0 Å². The average Bonchev–Trinajstić information content (AvgIpc) is 3.45. The van der Waals surface area contributed by atoms with Crippen LogP contribution >= 0.6 is 11.3 Å². The number of aromatic nitrogens is 4. The number of pyridine rings is 1. The van der Waals surface area contributed by atoms with Crippen LogP contribution in [0, 0.1) is 13.8 Å². The highest BCUT2D eigenvalue weighted by Crippen LogP contribution is 2.38. The Hall–Kier alpha value is -4.77. The third kappa shape index (κ3) is 7.20. The van der Waals surface area contributed by atoms with Gasteiger partial charge in [-0.3, -0.25) is 0 Å². The molecule has 5 aromatic rings. The maximum absolute atomic E-state index is 12.7. The molecule has 0 bridgehead atoms. The molecule has 0 unspecified atom stereocenters. The summed E-state index contributed by atoms with van der Waals surface area (Å²) >= 11 is 1.65. The van der Waals surface area contributed by atoms with E-state index in [4.69, 9.17) is 14.5 Å². The molecule has 238 valence electrons. The number of hydrogen-bond acceptors (Lipinski definition) is 10. The number of ether oxygens (including phenoxy) is 2. The van der Waals surface area contributed by atoms with E-state index in [2.05, 4.69) is 56.8 Å². The van der Waals surface area contributed by atoms with Crippen LogP contribution in [0.5, 0.6) is 11.6 Å². The lowest BCUT2D eigenvalue weighted by Gasteiger charge is -2.34. The zero-order valence-electron chi connectivity index (χ0n) is 26.8. The van der Waals surface area contributed by atoms with Gasteiger partial charge in [-0.25, -0.2) is 24.7 Å². The quantitative estimate of drug-likeness (QED) is 0.175. The van der Waals surface area contributed by atoms with Gasteiger partial charge in [0.25, 0.3) is 0 Å². The van der Waals surface area contributed by atoms with Gasteiger partial charge in [-0.1, -0.05) is 24.3 Å². The molecule has 11 heteroatoms. The van der Waals surface area contributed by atoms with E-state index in [-0.39, 0.29) is 12.1 Å². The number of aryl methyl sites for hydroxylation is 2. The van der Waals surface area contributed by atoms with Gasteiger partial charge < -0.3 is 25.0 Å². The van der Waals surface area contributed by atoms with Crippen molar-refractivity contribution in [2.45, 2.75) is 65.6 Å². The van der Waals surface area contributed by atoms with Crippen molar-refractivity contribution in [2.24, 2.45) is 0 Å². The molecule has 4 heterocycles. The molecule has 0 radical (unpaired) electrons. The minimum Gasteiger partial charge on any atom is -0.444 e. The first-order chi connectivity index (χ1) is 22.1. The number of carbonyl (C=O) groups excluding carboxylic acids is 1. The summed E-state index contributed by atoms with van der Waals surface area (Å²) in [6.07, 6.45) is 4.90. The highest BCUT2D eigenvalue weighted by atomic mass is 32.1. The third-order valence-corrected chi connectivity index (χ3v) is 8.61. The largest absolute Gasteiger partial charge is 0.444 e. The van der Waals surface area contributed by atoms with Gasteiger partial charge in [0, 0.05) is 52.9 Å². The first-order valence-electron chi connectivity index (χ1n) is 15.5. The van der Waals surface area contributed by atoms with Crippen LogP contribution in [0.15, 0.2) is 66.4 Å². The number of carbonyl (C=O) groups is 1. The molecule has 0 saturated carbocycles. The maximum Gasteiger partial charge on any atom is 0.410 e.